The Morgan fingerprint density at radius 1 is 1.44 bits per heavy atom. The highest BCUT2D eigenvalue weighted by Gasteiger charge is 2.21. The predicted molar refractivity (Wildman–Crippen MR) is 65.8 cm³/mol. The first-order valence-electron chi connectivity index (χ1n) is 4.58. The molecule has 2 aromatic rings. The number of benzene rings is 1. The van der Waals surface area contributed by atoms with Gasteiger partial charge >= 0.3 is 0 Å². The molecule has 0 spiro atoms. The fourth-order valence-corrected chi connectivity index (χ4v) is 2.61. The molecule has 0 aliphatic rings. The molecule has 6 nitrogen and oxygen atoms in total. The molecule has 0 bridgehead atoms. The molecule has 0 aliphatic carbocycles. The lowest BCUT2D eigenvalue weighted by Gasteiger charge is -2.08. The Bertz CT molecular complexity index is 673. The van der Waals surface area contributed by atoms with E-state index in [9.17, 15) is 12.8 Å². The minimum Gasteiger partial charge on any atom is -0.398 e. The highest BCUT2D eigenvalue weighted by atomic mass is 79.9. The lowest BCUT2D eigenvalue weighted by molar-refractivity contribution is 0.423. The molecule has 0 saturated heterocycles. The highest BCUT2D eigenvalue weighted by Crippen LogP contribution is 2.27. The van der Waals surface area contributed by atoms with Gasteiger partial charge in [0.05, 0.1) is 0 Å². The van der Waals surface area contributed by atoms with Crippen LogP contribution in [0.1, 0.15) is 0 Å². The van der Waals surface area contributed by atoms with Crippen molar-refractivity contribution >= 4 is 37.5 Å². The van der Waals surface area contributed by atoms with E-state index >= 15 is 0 Å². The van der Waals surface area contributed by atoms with Crippen LogP contribution in [0.25, 0.3) is 0 Å². The molecule has 0 radical (unpaired) electrons. The molecule has 2 rings (SSSR count). The molecular weight excluding hydrogens is 329 g/mol. The Hall–Kier alpha value is -1.61. The van der Waals surface area contributed by atoms with E-state index < -0.39 is 20.7 Å². The summed E-state index contributed by atoms with van der Waals surface area (Å²) in [6.07, 6.45) is 1.18. The molecule has 96 valence electrons. The highest BCUT2D eigenvalue weighted by molar-refractivity contribution is 9.10. The van der Waals surface area contributed by atoms with Crippen molar-refractivity contribution in [2.24, 2.45) is 0 Å². The number of hydrogen-bond acceptors (Lipinski definition) is 5. The Balaban J connectivity index is 2.44. The lowest BCUT2D eigenvalue weighted by Crippen LogP contribution is -2.15. The van der Waals surface area contributed by atoms with Crippen LogP contribution < -0.4 is 10.5 Å². The van der Waals surface area contributed by atoms with Gasteiger partial charge in [-0.2, -0.15) is 0 Å². The van der Waals surface area contributed by atoms with Gasteiger partial charge in [0.25, 0.3) is 10.0 Å². The normalized spacial score (nSPS) is 11.4. The van der Waals surface area contributed by atoms with Crippen LogP contribution >= 0.6 is 15.9 Å². The summed E-state index contributed by atoms with van der Waals surface area (Å²) < 4.78 is 44.2. The number of sulfonamides is 1. The van der Waals surface area contributed by atoms with E-state index in [1.165, 1.54) is 12.3 Å². The van der Waals surface area contributed by atoms with E-state index in [0.29, 0.717) is 0 Å². The largest absolute Gasteiger partial charge is 0.398 e. The number of nitrogens with two attached hydrogens (primary N) is 1. The monoisotopic (exact) mass is 335 g/mol. The van der Waals surface area contributed by atoms with Crippen molar-refractivity contribution in [1.82, 2.24) is 5.16 Å². The first-order chi connectivity index (χ1) is 8.40. The lowest BCUT2D eigenvalue weighted by atomic mass is 10.3. The van der Waals surface area contributed by atoms with Crippen LogP contribution in [0.2, 0.25) is 0 Å². The van der Waals surface area contributed by atoms with Gasteiger partial charge in [-0.1, -0.05) is 5.16 Å². The molecule has 3 N–H and O–H groups in total. The third kappa shape index (κ3) is 2.46. The van der Waals surface area contributed by atoms with Gasteiger partial charge in [0, 0.05) is 16.2 Å². The van der Waals surface area contributed by atoms with Crippen molar-refractivity contribution in [3.8, 4) is 0 Å². The smallest absolute Gasteiger partial charge is 0.266 e. The minimum absolute atomic E-state index is 0.0455. The van der Waals surface area contributed by atoms with Gasteiger partial charge in [-0.15, -0.1) is 0 Å². The van der Waals surface area contributed by atoms with Crippen LogP contribution in [0.5, 0.6) is 0 Å². The topological polar surface area (TPSA) is 98.2 Å². The van der Waals surface area contributed by atoms with Crippen LogP contribution in [0, 0.1) is 5.82 Å². The van der Waals surface area contributed by atoms with Crippen molar-refractivity contribution in [3.05, 3.63) is 34.8 Å². The Kier molecular flexibility index (Phi) is 3.26. The molecule has 9 heteroatoms. The second kappa shape index (κ2) is 4.58. The molecule has 0 atom stereocenters. The van der Waals surface area contributed by atoms with E-state index in [-0.39, 0.29) is 16.0 Å². The first kappa shape index (κ1) is 12.8. The summed E-state index contributed by atoms with van der Waals surface area (Å²) in [5.74, 6) is -0.969. The van der Waals surface area contributed by atoms with Crippen molar-refractivity contribution in [3.63, 3.8) is 0 Å². The van der Waals surface area contributed by atoms with Gasteiger partial charge in [0.15, 0.2) is 5.82 Å². The van der Waals surface area contributed by atoms with Gasteiger partial charge in [0.1, 0.15) is 17.0 Å². The zero-order valence-electron chi connectivity index (χ0n) is 8.72. The zero-order valence-corrected chi connectivity index (χ0v) is 11.1. The van der Waals surface area contributed by atoms with E-state index in [0.717, 1.165) is 12.1 Å². The predicted octanol–water partition coefficient (Wildman–Crippen LogP) is 1.96. The van der Waals surface area contributed by atoms with E-state index in [1.54, 1.807) is 0 Å². The number of nitrogen functional groups attached to an aromatic ring is 1. The summed E-state index contributed by atoms with van der Waals surface area (Å²) in [6.45, 7) is 0. The third-order valence-electron chi connectivity index (χ3n) is 2.02. The Morgan fingerprint density at radius 3 is 2.78 bits per heavy atom. The van der Waals surface area contributed by atoms with Crippen LogP contribution in [-0.4, -0.2) is 13.6 Å². The van der Waals surface area contributed by atoms with Crippen molar-refractivity contribution in [2.75, 3.05) is 10.5 Å². The third-order valence-corrected chi connectivity index (χ3v) is 4.07. The second-order valence-corrected chi connectivity index (χ2v) is 5.80. The standard InChI is InChI=1S/C9H7BrFN3O3S/c10-5-3-6(11)8(4-7(5)12)18(15,16)14-9-1-2-17-13-9/h1-4H,12H2,(H,13,14). The number of nitrogens with one attached hydrogen (secondary N) is 1. The fourth-order valence-electron chi connectivity index (χ4n) is 1.21. The molecule has 1 aromatic heterocycles. The van der Waals surface area contributed by atoms with Crippen LogP contribution in [0.3, 0.4) is 0 Å². The van der Waals surface area contributed by atoms with E-state index in [2.05, 4.69) is 30.3 Å². The van der Waals surface area contributed by atoms with Gasteiger partial charge in [-0.3, -0.25) is 4.72 Å². The van der Waals surface area contributed by atoms with Crippen molar-refractivity contribution in [1.29, 1.82) is 0 Å². The molecule has 0 aliphatic heterocycles. The Labute approximate surface area is 110 Å². The number of nitrogens with zero attached hydrogens (tertiary/aromatic N) is 1. The quantitative estimate of drug-likeness (QED) is 0.835. The number of hydrogen-bond donors (Lipinski definition) is 2. The van der Waals surface area contributed by atoms with Gasteiger partial charge < -0.3 is 10.3 Å². The summed E-state index contributed by atoms with van der Waals surface area (Å²) in [5.41, 5.74) is 5.63. The van der Waals surface area contributed by atoms with Gasteiger partial charge in [-0.05, 0) is 28.1 Å². The zero-order chi connectivity index (χ0) is 13.3. The number of aromatic nitrogens is 1. The SMILES string of the molecule is Nc1cc(S(=O)(=O)Nc2ccon2)c(F)cc1Br. The van der Waals surface area contributed by atoms with Gasteiger partial charge in [0.2, 0.25) is 0 Å². The van der Waals surface area contributed by atoms with E-state index in [1.807, 2.05) is 0 Å². The summed E-state index contributed by atoms with van der Waals surface area (Å²) in [5, 5.41) is 3.37. The molecule has 0 fully saturated rings. The molecule has 0 saturated carbocycles. The average molecular weight is 336 g/mol. The summed E-state index contributed by atoms with van der Waals surface area (Å²) in [4.78, 5) is -0.564. The van der Waals surface area contributed by atoms with Crippen molar-refractivity contribution < 1.29 is 17.3 Å². The van der Waals surface area contributed by atoms with E-state index in [4.69, 9.17) is 5.73 Å². The number of rotatable bonds is 3. The number of anilines is 2. The van der Waals surface area contributed by atoms with Crippen molar-refractivity contribution in [2.45, 2.75) is 4.90 Å². The molecule has 0 amide bonds. The molecule has 0 unspecified atom stereocenters. The average Bonchev–Trinajstić information content (AvgIpc) is 2.75. The van der Waals surface area contributed by atoms with Crippen LogP contribution in [0.15, 0.2) is 38.4 Å². The van der Waals surface area contributed by atoms with Crippen LogP contribution in [0.4, 0.5) is 15.9 Å². The maximum absolute atomic E-state index is 13.6. The first-order valence-corrected chi connectivity index (χ1v) is 6.85. The molecule has 18 heavy (non-hydrogen) atoms. The maximum Gasteiger partial charge on any atom is 0.266 e. The fraction of sp³-hybridized carbons (Fsp3) is 0. The second-order valence-electron chi connectivity index (χ2n) is 3.29. The minimum atomic E-state index is -4.10. The summed E-state index contributed by atoms with van der Waals surface area (Å²) in [6, 6.07) is 3.28. The summed E-state index contributed by atoms with van der Waals surface area (Å²) in [7, 11) is -4.10. The van der Waals surface area contributed by atoms with Crippen LogP contribution in [-0.2, 0) is 10.0 Å². The Morgan fingerprint density at radius 2 is 2.17 bits per heavy atom. The molecule has 1 aromatic carbocycles. The molecule has 1 heterocycles. The maximum atomic E-state index is 13.6. The number of halogens is 2. The van der Waals surface area contributed by atoms with Gasteiger partial charge in [-0.25, -0.2) is 12.8 Å². The molecular formula is C9H7BrFN3O3S. The summed E-state index contributed by atoms with van der Waals surface area (Å²) >= 11 is 3.00.